The molecule has 0 aliphatic heterocycles. The van der Waals surface area contributed by atoms with Crippen LogP contribution in [0.1, 0.15) is 22.2 Å². The summed E-state index contributed by atoms with van der Waals surface area (Å²) in [6.07, 6.45) is 0. The first-order valence-electron chi connectivity index (χ1n) is 4.47. The molecule has 0 aromatic carbocycles. The van der Waals surface area contributed by atoms with E-state index in [1.807, 2.05) is 18.4 Å². The monoisotopic (exact) mass is 242 g/mol. The quantitative estimate of drug-likeness (QED) is 0.886. The van der Waals surface area contributed by atoms with E-state index in [1.165, 1.54) is 11.3 Å². The Hall–Kier alpha value is -1.05. The van der Waals surface area contributed by atoms with E-state index in [1.54, 1.807) is 6.92 Å². The van der Waals surface area contributed by atoms with Crippen molar-refractivity contribution in [3.8, 4) is 6.07 Å². The van der Waals surface area contributed by atoms with Gasteiger partial charge in [0.05, 0.1) is 17.0 Å². The molecule has 80 valence electrons. The van der Waals surface area contributed by atoms with Gasteiger partial charge in [-0.25, -0.2) is 0 Å². The number of nitrogens with zero attached hydrogens (tertiary/aromatic N) is 1. The zero-order chi connectivity index (χ0) is 11.4. The van der Waals surface area contributed by atoms with Crippen LogP contribution in [0, 0.1) is 24.2 Å². The van der Waals surface area contributed by atoms with Crippen LogP contribution in [0.15, 0.2) is 5.38 Å². The molecule has 1 aromatic rings. The molecule has 0 fully saturated rings. The Bertz CT molecular complexity index is 408. The lowest BCUT2D eigenvalue weighted by Gasteiger charge is -2.04. The normalized spacial score (nSPS) is 11.9. The molecule has 0 saturated heterocycles. The number of carbonyl (C=O) groups excluding carboxylic acids is 1. The average molecular weight is 243 g/mol. The highest BCUT2D eigenvalue weighted by atomic mass is 35.5. The summed E-state index contributed by atoms with van der Waals surface area (Å²) in [6.45, 7) is 3.96. The van der Waals surface area contributed by atoms with Gasteiger partial charge in [0.1, 0.15) is 4.88 Å². The van der Waals surface area contributed by atoms with Gasteiger partial charge in [-0.2, -0.15) is 5.26 Å². The number of thiophene rings is 1. The first-order chi connectivity index (χ1) is 7.06. The van der Waals surface area contributed by atoms with Gasteiger partial charge in [0.2, 0.25) is 0 Å². The largest absolute Gasteiger partial charge is 0.350 e. The summed E-state index contributed by atoms with van der Waals surface area (Å²) in [7, 11) is 0. The fourth-order valence-electron chi connectivity index (χ4n) is 0.955. The molecule has 1 aromatic heterocycles. The zero-order valence-corrected chi connectivity index (χ0v) is 10.1. The Balaban J connectivity index is 2.63. The average Bonchev–Trinajstić information content (AvgIpc) is 2.56. The molecule has 0 aliphatic carbocycles. The molecule has 1 unspecified atom stereocenters. The molecule has 1 atom stereocenters. The summed E-state index contributed by atoms with van der Waals surface area (Å²) < 4.78 is 0. The van der Waals surface area contributed by atoms with Crippen LogP contribution in [0.5, 0.6) is 0 Å². The molecular formula is C10H11ClN2OS. The number of halogens is 1. The highest BCUT2D eigenvalue weighted by molar-refractivity contribution is 7.13. The van der Waals surface area contributed by atoms with Crippen molar-refractivity contribution in [2.75, 3.05) is 6.54 Å². The lowest BCUT2D eigenvalue weighted by Crippen LogP contribution is -2.27. The highest BCUT2D eigenvalue weighted by Gasteiger charge is 2.14. The maximum Gasteiger partial charge on any atom is 0.262 e. The molecule has 0 spiro atoms. The molecule has 1 N–H and O–H groups in total. The fraction of sp³-hybridized carbons (Fsp3) is 0.400. The van der Waals surface area contributed by atoms with Crippen LogP contribution in [0.4, 0.5) is 0 Å². The van der Waals surface area contributed by atoms with Crippen molar-refractivity contribution in [1.82, 2.24) is 5.32 Å². The van der Waals surface area contributed by atoms with Crippen molar-refractivity contribution >= 4 is 28.8 Å². The fourth-order valence-corrected chi connectivity index (χ4v) is 2.15. The van der Waals surface area contributed by atoms with Crippen LogP contribution in [-0.4, -0.2) is 12.5 Å². The van der Waals surface area contributed by atoms with Gasteiger partial charge in [-0.1, -0.05) is 11.6 Å². The summed E-state index contributed by atoms with van der Waals surface area (Å²) >= 11 is 7.25. The second-order valence-electron chi connectivity index (χ2n) is 3.30. The first-order valence-corrected chi connectivity index (χ1v) is 5.73. The van der Waals surface area contributed by atoms with Crippen LogP contribution in [0.25, 0.3) is 0 Å². The van der Waals surface area contributed by atoms with E-state index in [-0.39, 0.29) is 11.8 Å². The Morgan fingerprint density at radius 2 is 2.47 bits per heavy atom. The minimum Gasteiger partial charge on any atom is -0.350 e. The number of rotatable bonds is 3. The van der Waals surface area contributed by atoms with Gasteiger partial charge in [0.15, 0.2) is 0 Å². The van der Waals surface area contributed by atoms with Gasteiger partial charge < -0.3 is 5.32 Å². The molecule has 5 heteroatoms. The van der Waals surface area contributed by atoms with Crippen molar-refractivity contribution < 1.29 is 4.79 Å². The summed E-state index contributed by atoms with van der Waals surface area (Å²) in [5.74, 6) is -0.394. The van der Waals surface area contributed by atoms with Gasteiger partial charge in [-0.15, -0.1) is 11.3 Å². The third-order valence-corrected chi connectivity index (χ3v) is 3.59. The van der Waals surface area contributed by atoms with E-state index in [4.69, 9.17) is 16.9 Å². The molecule has 0 aliphatic rings. The van der Waals surface area contributed by atoms with E-state index in [2.05, 4.69) is 5.32 Å². The minimum atomic E-state index is -0.208. The molecule has 0 saturated carbocycles. The third-order valence-electron chi connectivity index (χ3n) is 1.89. The molecule has 0 radical (unpaired) electrons. The van der Waals surface area contributed by atoms with Crippen LogP contribution >= 0.6 is 22.9 Å². The Morgan fingerprint density at radius 3 is 2.93 bits per heavy atom. The third kappa shape index (κ3) is 2.95. The van der Waals surface area contributed by atoms with Crippen LogP contribution < -0.4 is 5.32 Å². The molecule has 15 heavy (non-hydrogen) atoms. The van der Waals surface area contributed by atoms with Gasteiger partial charge in [0.25, 0.3) is 5.91 Å². The van der Waals surface area contributed by atoms with Crippen molar-refractivity contribution in [1.29, 1.82) is 5.26 Å². The van der Waals surface area contributed by atoms with E-state index >= 15 is 0 Å². The van der Waals surface area contributed by atoms with Gasteiger partial charge in [-0.05, 0) is 24.8 Å². The van der Waals surface area contributed by atoms with Crippen molar-refractivity contribution in [2.24, 2.45) is 5.92 Å². The number of aryl methyl sites for hydroxylation is 1. The summed E-state index contributed by atoms with van der Waals surface area (Å²) in [5.41, 5.74) is 0.903. The molecular weight excluding hydrogens is 232 g/mol. The predicted octanol–water partition coefficient (Wildman–Crippen LogP) is 2.60. The van der Waals surface area contributed by atoms with E-state index in [9.17, 15) is 4.79 Å². The van der Waals surface area contributed by atoms with Crippen LogP contribution in [-0.2, 0) is 0 Å². The first kappa shape index (κ1) is 12.0. The molecule has 1 rings (SSSR count). The van der Waals surface area contributed by atoms with E-state index in [0.717, 1.165) is 5.56 Å². The van der Waals surface area contributed by atoms with Gasteiger partial charge in [-0.3, -0.25) is 4.79 Å². The number of hydrogen-bond acceptors (Lipinski definition) is 3. The van der Waals surface area contributed by atoms with Crippen LogP contribution in [0.2, 0.25) is 5.02 Å². The van der Waals surface area contributed by atoms with E-state index < -0.39 is 0 Å². The second kappa shape index (κ2) is 5.15. The van der Waals surface area contributed by atoms with Crippen molar-refractivity contribution in [2.45, 2.75) is 13.8 Å². The lowest BCUT2D eigenvalue weighted by atomic mass is 10.2. The Kier molecular flexibility index (Phi) is 4.13. The van der Waals surface area contributed by atoms with Crippen molar-refractivity contribution in [3.05, 3.63) is 20.8 Å². The maximum atomic E-state index is 11.6. The number of nitrogens with one attached hydrogen (secondary N) is 1. The highest BCUT2D eigenvalue weighted by Crippen LogP contribution is 2.26. The van der Waals surface area contributed by atoms with Gasteiger partial charge >= 0.3 is 0 Å². The van der Waals surface area contributed by atoms with E-state index in [0.29, 0.717) is 16.4 Å². The number of nitriles is 1. The maximum absolute atomic E-state index is 11.6. The smallest absolute Gasteiger partial charge is 0.262 e. The predicted molar refractivity (Wildman–Crippen MR) is 61.2 cm³/mol. The lowest BCUT2D eigenvalue weighted by molar-refractivity contribution is 0.0955. The molecule has 0 bridgehead atoms. The second-order valence-corrected chi connectivity index (χ2v) is 4.56. The summed E-state index contributed by atoms with van der Waals surface area (Å²) in [6, 6.07) is 2.05. The zero-order valence-electron chi connectivity index (χ0n) is 8.50. The Labute approximate surface area is 97.7 Å². The number of carbonyl (C=O) groups is 1. The standard InChI is InChI=1S/C10H11ClN2OS/c1-6(3-12)4-13-10(14)9-8(11)7(2)5-15-9/h5-6H,4H2,1-2H3,(H,13,14). The molecule has 3 nitrogen and oxygen atoms in total. The number of hydrogen-bond donors (Lipinski definition) is 1. The molecule has 1 heterocycles. The van der Waals surface area contributed by atoms with Crippen LogP contribution in [0.3, 0.4) is 0 Å². The van der Waals surface area contributed by atoms with Gasteiger partial charge in [0, 0.05) is 6.54 Å². The minimum absolute atomic E-state index is 0.186. The SMILES string of the molecule is Cc1csc(C(=O)NCC(C)C#N)c1Cl. The summed E-state index contributed by atoms with van der Waals surface area (Å²) in [5, 5.41) is 13.6. The Morgan fingerprint density at radius 1 is 1.80 bits per heavy atom. The topological polar surface area (TPSA) is 52.9 Å². The molecule has 1 amide bonds. The number of amides is 1. The van der Waals surface area contributed by atoms with Crippen molar-refractivity contribution in [3.63, 3.8) is 0 Å². The summed E-state index contributed by atoms with van der Waals surface area (Å²) in [4.78, 5) is 12.1.